The molecule has 0 aliphatic carbocycles. The van der Waals surface area contributed by atoms with E-state index in [4.69, 9.17) is 15.3 Å². The normalized spacial score (nSPS) is 11.5. The van der Waals surface area contributed by atoms with Gasteiger partial charge in [0, 0.05) is 26.5 Å². The molecule has 21 heavy (non-hydrogen) atoms. The van der Waals surface area contributed by atoms with Crippen molar-refractivity contribution in [1.29, 1.82) is 0 Å². The van der Waals surface area contributed by atoms with E-state index in [-0.39, 0.29) is 10.7 Å². The molecule has 0 spiro atoms. The molecule has 1 aromatic rings. The second-order valence-corrected chi connectivity index (χ2v) is 5.94. The third-order valence-electron chi connectivity index (χ3n) is 2.64. The molecular formula is C12H22N4O4S. The molecule has 0 saturated carbocycles. The Morgan fingerprint density at radius 2 is 2.10 bits per heavy atom. The van der Waals surface area contributed by atoms with Gasteiger partial charge in [-0.05, 0) is 25.0 Å². The fourth-order valence-corrected chi connectivity index (χ4v) is 2.77. The smallest absolute Gasteiger partial charge is 0.244 e. The highest BCUT2D eigenvalue weighted by Crippen LogP contribution is 2.16. The number of hydrazine groups is 1. The lowest BCUT2D eigenvalue weighted by molar-refractivity contribution is 0.0689. The van der Waals surface area contributed by atoms with E-state index in [1.54, 1.807) is 13.2 Å². The molecule has 0 bridgehead atoms. The van der Waals surface area contributed by atoms with E-state index < -0.39 is 10.0 Å². The van der Waals surface area contributed by atoms with Crippen molar-refractivity contribution in [1.82, 2.24) is 9.71 Å². The molecule has 9 heteroatoms. The Morgan fingerprint density at radius 1 is 1.29 bits per heavy atom. The SMILES string of the molecule is COCCOCCCCNS(=O)(=O)c1cccnc1NN. The molecule has 120 valence electrons. The van der Waals surface area contributed by atoms with Crippen LogP contribution in [0, 0.1) is 0 Å². The highest BCUT2D eigenvalue weighted by atomic mass is 32.2. The maximum Gasteiger partial charge on any atom is 0.244 e. The first-order chi connectivity index (χ1) is 10.1. The molecule has 1 rings (SSSR count). The largest absolute Gasteiger partial charge is 0.382 e. The zero-order chi connectivity index (χ0) is 15.6. The van der Waals surface area contributed by atoms with Crippen LogP contribution >= 0.6 is 0 Å². The summed E-state index contributed by atoms with van der Waals surface area (Å²) in [6, 6.07) is 2.98. The van der Waals surface area contributed by atoms with Crippen molar-refractivity contribution in [3.63, 3.8) is 0 Å². The average Bonchev–Trinajstić information content (AvgIpc) is 2.50. The van der Waals surface area contributed by atoms with E-state index in [0.717, 1.165) is 6.42 Å². The zero-order valence-electron chi connectivity index (χ0n) is 12.0. The Hall–Kier alpha value is -1.26. The summed E-state index contributed by atoms with van der Waals surface area (Å²) in [5.74, 6) is 5.37. The molecule has 0 unspecified atom stereocenters. The van der Waals surface area contributed by atoms with Crippen LogP contribution in [-0.4, -0.2) is 46.9 Å². The number of hydrogen-bond donors (Lipinski definition) is 3. The minimum absolute atomic E-state index is 0.0313. The summed E-state index contributed by atoms with van der Waals surface area (Å²) in [5, 5.41) is 0. The van der Waals surface area contributed by atoms with Crippen molar-refractivity contribution < 1.29 is 17.9 Å². The highest BCUT2D eigenvalue weighted by Gasteiger charge is 2.17. The lowest BCUT2D eigenvalue weighted by atomic mass is 10.3. The average molecular weight is 318 g/mol. The lowest BCUT2D eigenvalue weighted by Gasteiger charge is -2.10. The minimum atomic E-state index is -3.62. The van der Waals surface area contributed by atoms with Gasteiger partial charge in [-0.25, -0.2) is 24.0 Å². The van der Waals surface area contributed by atoms with E-state index in [1.165, 1.54) is 12.3 Å². The number of rotatable bonds is 11. The summed E-state index contributed by atoms with van der Waals surface area (Å²) in [6.07, 6.45) is 2.91. The van der Waals surface area contributed by atoms with Gasteiger partial charge >= 0.3 is 0 Å². The third-order valence-corrected chi connectivity index (χ3v) is 4.13. The number of unbranched alkanes of at least 4 members (excludes halogenated alkanes) is 1. The number of anilines is 1. The molecule has 0 aliphatic heterocycles. The molecule has 0 fully saturated rings. The fourth-order valence-electron chi connectivity index (χ4n) is 1.57. The Kier molecular flexibility index (Phi) is 8.16. The Balaban J connectivity index is 2.33. The van der Waals surface area contributed by atoms with Gasteiger partial charge in [0.25, 0.3) is 0 Å². The quantitative estimate of drug-likeness (QED) is 0.301. The molecule has 8 nitrogen and oxygen atoms in total. The first-order valence-corrected chi connectivity index (χ1v) is 8.08. The van der Waals surface area contributed by atoms with E-state index in [2.05, 4.69) is 15.1 Å². The standard InChI is InChI=1S/C12H22N4O4S/c1-19-9-10-20-8-3-2-7-15-21(17,18)11-5-4-6-14-12(11)16-13/h4-6,15H,2-3,7-10,13H2,1H3,(H,14,16). The second-order valence-electron chi connectivity index (χ2n) is 4.20. The molecule has 0 radical (unpaired) electrons. The van der Waals surface area contributed by atoms with Gasteiger partial charge < -0.3 is 14.9 Å². The van der Waals surface area contributed by atoms with Crippen LogP contribution in [0.15, 0.2) is 23.2 Å². The number of nitrogens with two attached hydrogens (primary N) is 1. The van der Waals surface area contributed by atoms with Gasteiger partial charge in [0.05, 0.1) is 13.2 Å². The van der Waals surface area contributed by atoms with Crippen molar-refractivity contribution in [2.75, 3.05) is 38.9 Å². The van der Waals surface area contributed by atoms with Gasteiger partial charge in [0.1, 0.15) is 4.90 Å². The summed E-state index contributed by atoms with van der Waals surface area (Å²) in [6.45, 7) is 2.01. The monoisotopic (exact) mass is 318 g/mol. The van der Waals surface area contributed by atoms with Crippen LogP contribution in [-0.2, 0) is 19.5 Å². The van der Waals surface area contributed by atoms with Gasteiger partial charge in [-0.15, -0.1) is 0 Å². The number of hydrogen-bond acceptors (Lipinski definition) is 7. The summed E-state index contributed by atoms with van der Waals surface area (Å²) >= 11 is 0. The van der Waals surface area contributed by atoms with Crippen molar-refractivity contribution >= 4 is 15.8 Å². The number of nitrogens with one attached hydrogen (secondary N) is 2. The van der Waals surface area contributed by atoms with Crippen LogP contribution in [0.2, 0.25) is 0 Å². The molecule has 0 aliphatic rings. The Morgan fingerprint density at radius 3 is 2.81 bits per heavy atom. The van der Waals surface area contributed by atoms with Crippen molar-refractivity contribution in [2.45, 2.75) is 17.7 Å². The molecule has 0 saturated heterocycles. The lowest BCUT2D eigenvalue weighted by Crippen LogP contribution is -2.27. The molecule has 0 amide bonds. The van der Waals surface area contributed by atoms with Crippen molar-refractivity contribution in [3.05, 3.63) is 18.3 Å². The van der Waals surface area contributed by atoms with Crippen LogP contribution in [0.3, 0.4) is 0 Å². The van der Waals surface area contributed by atoms with E-state index in [1.807, 2.05) is 0 Å². The molecule has 0 aromatic carbocycles. The predicted octanol–water partition coefficient (Wildman–Crippen LogP) is 0.0887. The summed E-state index contributed by atoms with van der Waals surface area (Å²) in [7, 11) is -2.01. The van der Waals surface area contributed by atoms with Crippen molar-refractivity contribution in [2.24, 2.45) is 5.84 Å². The minimum Gasteiger partial charge on any atom is -0.382 e. The van der Waals surface area contributed by atoms with Gasteiger partial charge in [-0.3, -0.25) is 0 Å². The number of nitrogen functional groups attached to an aromatic ring is 1. The van der Waals surface area contributed by atoms with Crippen molar-refractivity contribution in [3.8, 4) is 0 Å². The highest BCUT2D eigenvalue weighted by molar-refractivity contribution is 7.89. The summed E-state index contributed by atoms with van der Waals surface area (Å²) < 4.78 is 36.8. The summed E-state index contributed by atoms with van der Waals surface area (Å²) in [5.41, 5.74) is 2.27. The number of ether oxygens (including phenoxy) is 2. The fraction of sp³-hybridized carbons (Fsp3) is 0.583. The van der Waals surface area contributed by atoms with Gasteiger partial charge in [0.15, 0.2) is 5.82 Å². The number of methoxy groups -OCH3 is 1. The third kappa shape index (κ3) is 6.36. The first-order valence-electron chi connectivity index (χ1n) is 6.60. The topological polar surface area (TPSA) is 116 Å². The number of nitrogens with zero attached hydrogens (tertiary/aromatic N) is 1. The second kappa shape index (κ2) is 9.64. The Labute approximate surface area is 125 Å². The number of sulfonamides is 1. The maximum absolute atomic E-state index is 12.1. The molecule has 1 aromatic heterocycles. The van der Waals surface area contributed by atoms with Crippen LogP contribution in [0.1, 0.15) is 12.8 Å². The van der Waals surface area contributed by atoms with Crippen LogP contribution in [0.25, 0.3) is 0 Å². The van der Waals surface area contributed by atoms with Crippen LogP contribution in [0.4, 0.5) is 5.82 Å². The van der Waals surface area contributed by atoms with Gasteiger partial charge in [0.2, 0.25) is 10.0 Å². The first kappa shape index (κ1) is 17.8. The van der Waals surface area contributed by atoms with Crippen LogP contribution < -0.4 is 16.0 Å². The van der Waals surface area contributed by atoms with Gasteiger partial charge in [-0.1, -0.05) is 0 Å². The maximum atomic E-state index is 12.1. The number of pyridine rings is 1. The number of aromatic nitrogens is 1. The van der Waals surface area contributed by atoms with Crippen LogP contribution in [0.5, 0.6) is 0 Å². The van der Waals surface area contributed by atoms with E-state index >= 15 is 0 Å². The van der Waals surface area contributed by atoms with Gasteiger partial charge in [-0.2, -0.15) is 0 Å². The molecular weight excluding hydrogens is 296 g/mol. The molecule has 1 heterocycles. The molecule has 4 N–H and O–H groups in total. The predicted molar refractivity (Wildman–Crippen MR) is 79.2 cm³/mol. The molecule has 0 atom stereocenters. The van der Waals surface area contributed by atoms with E-state index in [0.29, 0.717) is 32.8 Å². The Bertz CT molecular complexity index is 510. The summed E-state index contributed by atoms with van der Waals surface area (Å²) in [4.78, 5) is 3.89. The van der Waals surface area contributed by atoms with E-state index in [9.17, 15) is 8.42 Å². The zero-order valence-corrected chi connectivity index (χ0v) is 12.9.